The first-order valence-electron chi connectivity index (χ1n) is 7.71. The number of rotatable bonds is 7. The molecule has 1 aliphatic rings. The highest BCUT2D eigenvalue weighted by Gasteiger charge is 2.28. The van der Waals surface area contributed by atoms with Crippen LogP contribution in [0.25, 0.3) is 0 Å². The average molecular weight is 294 g/mol. The highest BCUT2D eigenvalue weighted by molar-refractivity contribution is 5.75. The Labute approximate surface area is 125 Å². The van der Waals surface area contributed by atoms with Crippen molar-refractivity contribution in [2.75, 3.05) is 6.54 Å². The summed E-state index contributed by atoms with van der Waals surface area (Å²) < 4.78 is 5.20. The van der Waals surface area contributed by atoms with Crippen molar-refractivity contribution in [3.05, 3.63) is 11.7 Å². The van der Waals surface area contributed by atoms with Crippen molar-refractivity contribution in [3.63, 3.8) is 0 Å². The fourth-order valence-corrected chi connectivity index (χ4v) is 2.07. The number of aryl methyl sites for hydroxylation is 1. The number of carbonyl (C=O) groups excluding carboxylic acids is 1. The number of carbonyl (C=O) groups is 1. The van der Waals surface area contributed by atoms with Crippen LogP contribution < -0.4 is 11.1 Å². The van der Waals surface area contributed by atoms with Crippen molar-refractivity contribution < 1.29 is 9.32 Å². The van der Waals surface area contributed by atoms with Gasteiger partial charge in [0.2, 0.25) is 11.8 Å². The molecule has 1 unspecified atom stereocenters. The van der Waals surface area contributed by atoms with Gasteiger partial charge in [0.1, 0.15) is 0 Å². The molecule has 3 N–H and O–H groups in total. The average Bonchev–Trinajstić information content (AvgIpc) is 3.14. The van der Waals surface area contributed by atoms with Crippen molar-refractivity contribution in [2.24, 2.45) is 11.7 Å². The monoisotopic (exact) mass is 294 g/mol. The first-order valence-corrected chi connectivity index (χ1v) is 7.71. The van der Waals surface area contributed by atoms with Gasteiger partial charge in [-0.05, 0) is 25.2 Å². The van der Waals surface area contributed by atoms with Crippen LogP contribution in [0.2, 0.25) is 0 Å². The van der Waals surface area contributed by atoms with Crippen LogP contribution in [0.1, 0.15) is 58.2 Å². The van der Waals surface area contributed by atoms with Gasteiger partial charge < -0.3 is 15.6 Å². The van der Waals surface area contributed by atoms with Gasteiger partial charge in [0.15, 0.2) is 5.82 Å². The van der Waals surface area contributed by atoms with Gasteiger partial charge in [-0.3, -0.25) is 4.79 Å². The second-order valence-electron chi connectivity index (χ2n) is 6.92. The van der Waals surface area contributed by atoms with Crippen LogP contribution in [-0.2, 0) is 16.6 Å². The molecule has 1 aliphatic carbocycles. The van der Waals surface area contributed by atoms with Crippen LogP contribution in [0, 0.1) is 5.92 Å². The van der Waals surface area contributed by atoms with Crippen LogP contribution in [0.5, 0.6) is 0 Å². The maximum absolute atomic E-state index is 11.7. The standard InChI is InChI=1S/C15H26N4O2/c1-15(2,3)14-18-13(21-19-14)6-4-5-12(20)17-9-11(16)10-7-8-10/h10-11H,4-9,16H2,1-3H3,(H,17,20). The van der Waals surface area contributed by atoms with Gasteiger partial charge in [-0.25, -0.2) is 0 Å². The van der Waals surface area contributed by atoms with E-state index in [0.717, 1.165) is 0 Å². The quantitative estimate of drug-likeness (QED) is 0.795. The Hall–Kier alpha value is -1.43. The highest BCUT2D eigenvalue weighted by Crippen LogP contribution is 2.31. The topological polar surface area (TPSA) is 94.0 Å². The zero-order chi connectivity index (χ0) is 15.5. The molecule has 6 nitrogen and oxygen atoms in total. The molecule has 0 bridgehead atoms. The zero-order valence-electron chi connectivity index (χ0n) is 13.2. The minimum absolute atomic E-state index is 0.0432. The molecule has 0 aliphatic heterocycles. The molecular formula is C15H26N4O2. The van der Waals surface area contributed by atoms with E-state index in [1.807, 2.05) is 20.8 Å². The SMILES string of the molecule is CC(C)(C)c1noc(CCCC(=O)NCC(N)C2CC2)n1. The number of aromatic nitrogens is 2. The smallest absolute Gasteiger partial charge is 0.226 e. The molecule has 0 aromatic carbocycles. The number of nitrogens with one attached hydrogen (secondary N) is 1. The fraction of sp³-hybridized carbons (Fsp3) is 0.800. The molecule has 0 saturated heterocycles. The summed E-state index contributed by atoms with van der Waals surface area (Å²) in [7, 11) is 0. The van der Waals surface area contributed by atoms with E-state index in [4.69, 9.17) is 10.3 Å². The summed E-state index contributed by atoms with van der Waals surface area (Å²) in [5.41, 5.74) is 5.83. The Morgan fingerprint density at radius 3 is 2.76 bits per heavy atom. The molecular weight excluding hydrogens is 268 g/mol. The lowest BCUT2D eigenvalue weighted by atomic mass is 9.96. The van der Waals surface area contributed by atoms with Gasteiger partial charge in [0, 0.05) is 30.8 Å². The molecule has 0 radical (unpaired) electrons. The summed E-state index contributed by atoms with van der Waals surface area (Å²) in [6, 6.07) is 0.110. The number of nitrogens with two attached hydrogens (primary N) is 1. The second-order valence-corrected chi connectivity index (χ2v) is 6.92. The van der Waals surface area contributed by atoms with Crippen molar-refractivity contribution in [3.8, 4) is 0 Å². The molecule has 1 atom stereocenters. The molecule has 1 aromatic heterocycles. The molecule has 1 fully saturated rings. The van der Waals surface area contributed by atoms with E-state index < -0.39 is 0 Å². The number of hydrogen-bond donors (Lipinski definition) is 2. The lowest BCUT2D eigenvalue weighted by molar-refractivity contribution is -0.121. The second kappa shape index (κ2) is 6.56. The predicted octanol–water partition coefficient (Wildman–Crippen LogP) is 1.54. The number of hydrogen-bond acceptors (Lipinski definition) is 5. The Morgan fingerprint density at radius 2 is 2.19 bits per heavy atom. The van der Waals surface area contributed by atoms with Gasteiger partial charge in [-0.1, -0.05) is 25.9 Å². The molecule has 1 heterocycles. The number of nitrogens with zero attached hydrogens (tertiary/aromatic N) is 2. The molecule has 2 rings (SSSR count). The zero-order valence-corrected chi connectivity index (χ0v) is 13.2. The van der Waals surface area contributed by atoms with E-state index in [0.29, 0.717) is 43.4 Å². The lowest BCUT2D eigenvalue weighted by Gasteiger charge is -2.11. The highest BCUT2D eigenvalue weighted by atomic mass is 16.5. The van der Waals surface area contributed by atoms with E-state index >= 15 is 0 Å². The first-order chi connectivity index (χ1) is 9.86. The van der Waals surface area contributed by atoms with Crippen LogP contribution in [0.4, 0.5) is 0 Å². The molecule has 1 aromatic rings. The molecule has 21 heavy (non-hydrogen) atoms. The third-order valence-electron chi connectivity index (χ3n) is 3.70. The van der Waals surface area contributed by atoms with Gasteiger partial charge in [-0.15, -0.1) is 0 Å². The van der Waals surface area contributed by atoms with Crippen molar-refractivity contribution in [1.82, 2.24) is 15.5 Å². The lowest BCUT2D eigenvalue weighted by Crippen LogP contribution is -2.38. The summed E-state index contributed by atoms with van der Waals surface area (Å²) in [5.74, 6) is 1.96. The van der Waals surface area contributed by atoms with Crippen molar-refractivity contribution in [1.29, 1.82) is 0 Å². The maximum Gasteiger partial charge on any atom is 0.226 e. The van der Waals surface area contributed by atoms with E-state index in [2.05, 4.69) is 15.5 Å². The van der Waals surface area contributed by atoms with Gasteiger partial charge >= 0.3 is 0 Å². The van der Waals surface area contributed by atoms with Gasteiger partial charge in [0.05, 0.1) is 0 Å². The summed E-state index contributed by atoms with van der Waals surface area (Å²) in [5, 5.41) is 6.86. The largest absolute Gasteiger partial charge is 0.355 e. The molecule has 118 valence electrons. The Kier molecular flexibility index (Phi) is 4.98. The summed E-state index contributed by atoms with van der Waals surface area (Å²) in [6.07, 6.45) is 4.20. The summed E-state index contributed by atoms with van der Waals surface area (Å²) >= 11 is 0. The Morgan fingerprint density at radius 1 is 1.48 bits per heavy atom. The molecule has 6 heteroatoms. The van der Waals surface area contributed by atoms with Gasteiger partial charge in [0.25, 0.3) is 0 Å². The third-order valence-corrected chi connectivity index (χ3v) is 3.70. The molecule has 0 spiro atoms. The minimum Gasteiger partial charge on any atom is -0.355 e. The maximum atomic E-state index is 11.7. The predicted molar refractivity (Wildman–Crippen MR) is 79.6 cm³/mol. The van der Waals surface area contributed by atoms with E-state index in [1.165, 1.54) is 12.8 Å². The summed E-state index contributed by atoms with van der Waals surface area (Å²) in [4.78, 5) is 16.1. The minimum atomic E-state index is -0.113. The van der Waals surface area contributed by atoms with E-state index in [9.17, 15) is 4.79 Å². The normalized spacial score (nSPS) is 16.8. The van der Waals surface area contributed by atoms with E-state index in [-0.39, 0.29) is 17.4 Å². The molecule has 1 saturated carbocycles. The first kappa shape index (κ1) is 15.9. The third kappa shape index (κ3) is 5.12. The van der Waals surface area contributed by atoms with Crippen LogP contribution in [0.15, 0.2) is 4.52 Å². The summed E-state index contributed by atoms with van der Waals surface area (Å²) in [6.45, 7) is 6.70. The van der Waals surface area contributed by atoms with Crippen molar-refractivity contribution in [2.45, 2.75) is 64.3 Å². The van der Waals surface area contributed by atoms with Crippen molar-refractivity contribution >= 4 is 5.91 Å². The van der Waals surface area contributed by atoms with Crippen LogP contribution in [0.3, 0.4) is 0 Å². The fourth-order valence-electron chi connectivity index (χ4n) is 2.07. The number of amides is 1. The van der Waals surface area contributed by atoms with E-state index in [1.54, 1.807) is 0 Å². The van der Waals surface area contributed by atoms with Gasteiger partial charge in [-0.2, -0.15) is 4.98 Å². The Balaban J connectivity index is 1.64. The van der Waals surface area contributed by atoms with Crippen LogP contribution >= 0.6 is 0 Å². The van der Waals surface area contributed by atoms with Crippen LogP contribution in [-0.4, -0.2) is 28.6 Å². The molecule has 1 amide bonds. The Bertz CT molecular complexity index is 474.